The summed E-state index contributed by atoms with van der Waals surface area (Å²) in [7, 11) is 0. The molecule has 2 aliphatic rings. The zero-order chi connectivity index (χ0) is 28.7. The van der Waals surface area contributed by atoms with Crippen molar-refractivity contribution >= 4 is 5.97 Å². The van der Waals surface area contributed by atoms with Gasteiger partial charge in [0.1, 0.15) is 6.10 Å². The number of carbonyl (C=O) groups is 1. The Labute approximate surface area is 243 Å². The molecule has 7 nitrogen and oxygen atoms in total. The third-order valence-corrected chi connectivity index (χ3v) is 8.82. The van der Waals surface area contributed by atoms with E-state index >= 15 is 0 Å². The number of rotatable bonds is 24. The fourth-order valence-electron chi connectivity index (χ4n) is 6.28. The lowest BCUT2D eigenvalue weighted by Crippen LogP contribution is -2.31. The summed E-state index contributed by atoms with van der Waals surface area (Å²) in [4.78, 5) is 16.9. The number of hydrogen-bond acceptors (Lipinski definition) is 7. The Balaban J connectivity index is 1.41. The van der Waals surface area contributed by atoms with E-state index in [1.54, 1.807) is 6.08 Å². The molecule has 0 spiro atoms. The highest BCUT2D eigenvalue weighted by molar-refractivity contribution is 5.72. The summed E-state index contributed by atoms with van der Waals surface area (Å²) in [6, 6.07) is 0. The summed E-state index contributed by atoms with van der Waals surface area (Å²) in [5, 5.41) is 8.71. The van der Waals surface area contributed by atoms with Gasteiger partial charge in [0.25, 0.3) is 0 Å². The molecule has 0 heterocycles. The van der Waals surface area contributed by atoms with Crippen molar-refractivity contribution in [2.75, 3.05) is 26.6 Å². The van der Waals surface area contributed by atoms with Gasteiger partial charge in [0, 0.05) is 6.61 Å². The van der Waals surface area contributed by atoms with Crippen molar-refractivity contribution in [2.24, 2.45) is 17.8 Å². The summed E-state index contributed by atoms with van der Waals surface area (Å²) in [6.45, 7) is 9.56. The van der Waals surface area contributed by atoms with Gasteiger partial charge in [0.15, 0.2) is 6.79 Å². The van der Waals surface area contributed by atoms with Gasteiger partial charge >= 0.3 is 5.97 Å². The second-order valence-electron chi connectivity index (χ2n) is 11.7. The minimum Gasteiger partial charge on any atom is -0.476 e. The third kappa shape index (κ3) is 15.6. The summed E-state index contributed by atoms with van der Waals surface area (Å²) < 4.78 is 22.0. The SMILES string of the molecule is C=COCOCCCCCCCOC(=O)C1CCC(C2CCC(OCCCCCCCC(C=C)OO)CC2)CC1. The van der Waals surface area contributed by atoms with E-state index in [-0.39, 0.29) is 24.8 Å². The Hall–Kier alpha value is -1.41. The summed E-state index contributed by atoms with van der Waals surface area (Å²) >= 11 is 0. The van der Waals surface area contributed by atoms with E-state index in [0.717, 1.165) is 89.1 Å². The van der Waals surface area contributed by atoms with Crippen LogP contribution in [0.2, 0.25) is 0 Å². The smallest absolute Gasteiger partial charge is 0.308 e. The lowest BCUT2D eigenvalue weighted by atomic mass is 9.70. The van der Waals surface area contributed by atoms with Crippen LogP contribution in [0.15, 0.2) is 25.5 Å². The molecule has 7 heteroatoms. The Kier molecular flexibility index (Phi) is 20.2. The molecular formula is C33H58O7. The first-order chi connectivity index (χ1) is 19.7. The van der Waals surface area contributed by atoms with Crippen LogP contribution in [-0.4, -0.2) is 50.0 Å². The summed E-state index contributed by atoms with van der Waals surface area (Å²) in [5.74, 6) is 1.72. The lowest BCUT2D eigenvalue weighted by Gasteiger charge is -2.37. The van der Waals surface area contributed by atoms with Crippen LogP contribution in [0.3, 0.4) is 0 Å². The van der Waals surface area contributed by atoms with E-state index in [4.69, 9.17) is 24.2 Å². The Morgan fingerprint density at radius 2 is 1.32 bits per heavy atom. The molecule has 0 aliphatic heterocycles. The molecule has 1 atom stereocenters. The van der Waals surface area contributed by atoms with Crippen molar-refractivity contribution in [3.63, 3.8) is 0 Å². The molecule has 2 fully saturated rings. The van der Waals surface area contributed by atoms with Gasteiger partial charge in [-0.05, 0) is 88.9 Å². The normalized spacial score (nSPS) is 23.8. The van der Waals surface area contributed by atoms with Gasteiger partial charge in [-0.2, -0.15) is 0 Å². The van der Waals surface area contributed by atoms with Gasteiger partial charge in [-0.1, -0.05) is 57.6 Å². The number of esters is 1. The van der Waals surface area contributed by atoms with E-state index in [1.807, 2.05) is 0 Å². The zero-order valence-corrected chi connectivity index (χ0v) is 25.1. The van der Waals surface area contributed by atoms with E-state index in [9.17, 15) is 4.79 Å². The highest BCUT2D eigenvalue weighted by atomic mass is 17.1. The highest BCUT2D eigenvalue weighted by Crippen LogP contribution is 2.40. The number of unbranched alkanes of at least 4 members (excludes halogenated alkanes) is 8. The van der Waals surface area contributed by atoms with Crippen LogP contribution < -0.4 is 0 Å². The maximum Gasteiger partial charge on any atom is 0.308 e. The zero-order valence-electron chi connectivity index (χ0n) is 25.1. The van der Waals surface area contributed by atoms with Crippen molar-refractivity contribution < 1.29 is 33.9 Å². The first-order valence-corrected chi connectivity index (χ1v) is 16.2. The van der Waals surface area contributed by atoms with Crippen LogP contribution in [-0.2, 0) is 28.6 Å². The van der Waals surface area contributed by atoms with Crippen LogP contribution >= 0.6 is 0 Å². The molecular weight excluding hydrogens is 508 g/mol. The van der Waals surface area contributed by atoms with Gasteiger partial charge in [-0.3, -0.25) is 10.1 Å². The molecule has 0 aromatic rings. The molecule has 1 unspecified atom stereocenters. The molecule has 0 saturated heterocycles. The molecule has 2 rings (SSSR count). The van der Waals surface area contributed by atoms with Gasteiger partial charge < -0.3 is 18.9 Å². The first-order valence-electron chi connectivity index (χ1n) is 16.2. The summed E-state index contributed by atoms with van der Waals surface area (Å²) in [5.41, 5.74) is 0. The van der Waals surface area contributed by atoms with E-state index < -0.39 is 0 Å². The molecule has 40 heavy (non-hydrogen) atoms. The predicted molar refractivity (Wildman–Crippen MR) is 159 cm³/mol. The van der Waals surface area contributed by atoms with Crippen LogP contribution in [0, 0.1) is 17.8 Å². The van der Waals surface area contributed by atoms with Crippen LogP contribution in [0.4, 0.5) is 0 Å². The topological polar surface area (TPSA) is 83.5 Å². The fourth-order valence-corrected chi connectivity index (χ4v) is 6.28. The second kappa shape index (κ2) is 23.2. The molecule has 0 radical (unpaired) electrons. The molecule has 1 N–H and O–H groups in total. The molecule has 0 bridgehead atoms. The summed E-state index contributed by atoms with van der Waals surface area (Å²) in [6.07, 6.45) is 24.4. The fraction of sp³-hybridized carbons (Fsp3) is 0.848. The average molecular weight is 567 g/mol. The average Bonchev–Trinajstić information content (AvgIpc) is 2.99. The first kappa shape index (κ1) is 34.8. The Morgan fingerprint density at radius 1 is 0.750 bits per heavy atom. The van der Waals surface area contributed by atoms with Crippen molar-refractivity contribution in [1.29, 1.82) is 0 Å². The van der Waals surface area contributed by atoms with Crippen molar-refractivity contribution in [2.45, 2.75) is 134 Å². The largest absolute Gasteiger partial charge is 0.476 e. The Bertz CT molecular complexity index is 639. The van der Waals surface area contributed by atoms with Crippen LogP contribution in [0.25, 0.3) is 0 Å². The van der Waals surface area contributed by atoms with Gasteiger partial charge in [0.05, 0.1) is 31.5 Å². The molecule has 2 saturated carbocycles. The molecule has 0 amide bonds. The van der Waals surface area contributed by atoms with Gasteiger partial charge in [0.2, 0.25) is 0 Å². The lowest BCUT2D eigenvalue weighted by molar-refractivity contribution is -0.267. The Morgan fingerprint density at radius 3 is 1.95 bits per heavy atom. The second-order valence-corrected chi connectivity index (χ2v) is 11.7. The maximum absolute atomic E-state index is 12.5. The van der Waals surface area contributed by atoms with Gasteiger partial charge in [-0.25, -0.2) is 4.89 Å². The molecule has 0 aromatic carbocycles. The number of ether oxygens (including phenoxy) is 4. The minimum absolute atomic E-state index is 0.0336. The van der Waals surface area contributed by atoms with Crippen LogP contribution in [0.5, 0.6) is 0 Å². The van der Waals surface area contributed by atoms with E-state index in [2.05, 4.69) is 18.0 Å². The predicted octanol–water partition coefficient (Wildman–Crippen LogP) is 8.38. The molecule has 2 aliphatic carbocycles. The number of hydrogen-bond donors (Lipinski definition) is 1. The molecule has 0 aromatic heterocycles. The molecule has 232 valence electrons. The quantitative estimate of drug-likeness (QED) is 0.0239. The number of carbonyl (C=O) groups excluding carboxylic acids is 1. The monoisotopic (exact) mass is 566 g/mol. The highest BCUT2D eigenvalue weighted by Gasteiger charge is 2.33. The standard InChI is InChI=1S/C33H58O7/c1-3-31(40-35)15-11-7-5-9-13-25-38-32-22-20-29(21-23-32)28-16-18-30(19-17-28)33(34)39-26-14-10-6-8-12-24-37-27-36-4-2/h3-4,28-32,35H,1-2,5-27H2. The van der Waals surface area contributed by atoms with Gasteiger partial charge in [-0.15, -0.1) is 6.58 Å². The maximum atomic E-state index is 12.5. The van der Waals surface area contributed by atoms with Crippen LogP contribution in [0.1, 0.15) is 122 Å². The van der Waals surface area contributed by atoms with Crippen molar-refractivity contribution in [1.82, 2.24) is 0 Å². The van der Waals surface area contributed by atoms with E-state index in [0.29, 0.717) is 19.3 Å². The third-order valence-electron chi connectivity index (χ3n) is 8.82. The van der Waals surface area contributed by atoms with Crippen molar-refractivity contribution in [3.05, 3.63) is 25.5 Å². The van der Waals surface area contributed by atoms with E-state index in [1.165, 1.54) is 57.6 Å². The van der Waals surface area contributed by atoms with Crippen molar-refractivity contribution in [3.8, 4) is 0 Å². The minimum atomic E-state index is -0.234.